The van der Waals surface area contributed by atoms with Gasteiger partial charge in [-0.1, -0.05) is 18.2 Å². The van der Waals surface area contributed by atoms with E-state index in [1.165, 1.54) is 41.3 Å². The molecule has 6 nitrogen and oxygen atoms in total. The van der Waals surface area contributed by atoms with Gasteiger partial charge in [0.15, 0.2) is 6.23 Å². The molecule has 4 rings (SSSR count). The number of alkyl halides is 3. The minimum absolute atomic E-state index is 0.00270. The molecule has 9 heteroatoms. The van der Waals surface area contributed by atoms with E-state index in [0.717, 1.165) is 18.9 Å². The molecule has 1 fully saturated rings. The molecule has 1 unspecified atom stereocenters. The predicted molar refractivity (Wildman–Crippen MR) is 106 cm³/mol. The summed E-state index contributed by atoms with van der Waals surface area (Å²) in [5.74, 6) is 0.117. The number of hydrogen-bond acceptors (Lipinski definition) is 5. The highest BCUT2D eigenvalue weighted by Crippen LogP contribution is 2.32. The summed E-state index contributed by atoms with van der Waals surface area (Å²) in [5.41, 5.74) is -0.147. The second-order valence-corrected chi connectivity index (χ2v) is 7.14. The van der Waals surface area contributed by atoms with Crippen molar-refractivity contribution in [2.24, 2.45) is 0 Å². The molecule has 0 aliphatic carbocycles. The van der Waals surface area contributed by atoms with Crippen LogP contribution in [0.2, 0.25) is 0 Å². The van der Waals surface area contributed by atoms with Gasteiger partial charge in [0.05, 0.1) is 11.1 Å². The van der Waals surface area contributed by atoms with Gasteiger partial charge in [-0.2, -0.15) is 18.3 Å². The topological polar surface area (TPSA) is 66.2 Å². The molecule has 0 radical (unpaired) electrons. The van der Waals surface area contributed by atoms with Crippen LogP contribution in [0, 0.1) is 0 Å². The molecule has 31 heavy (non-hydrogen) atoms. The number of halogens is 3. The van der Waals surface area contributed by atoms with Crippen LogP contribution < -0.4 is 10.3 Å². The highest BCUT2D eigenvalue weighted by Gasteiger charge is 2.33. The van der Waals surface area contributed by atoms with Crippen LogP contribution in [0.4, 0.5) is 13.2 Å². The van der Waals surface area contributed by atoms with E-state index >= 15 is 0 Å². The monoisotopic (exact) mass is 431 g/mol. The summed E-state index contributed by atoms with van der Waals surface area (Å²) >= 11 is 0. The molecule has 3 aromatic rings. The van der Waals surface area contributed by atoms with Crippen LogP contribution in [0.25, 0.3) is 11.1 Å². The molecule has 0 saturated carbocycles. The molecule has 1 saturated heterocycles. The number of benzene rings is 1. The first-order valence-corrected chi connectivity index (χ1v) is 9.87. The van der Waals surface area contributed by atoms with Gasteiger partial charge in [0.2, 0.25) is 5.88 Å². The van der Waals surface area contributed by atoms with Crippen molar-refractivity contribution in [3.05, 3.63) is 76.3 Å². The van der Waals surface area contributed by atoms with Gasteiger partial charge in [0, 0.05) is 30.6 Å². The lowest BCUT2D eigenvalue weighted by molar-refractivity contribution is -0.138. The first-order chi connectivity index (χ1) is 14.9. The van der Waals surface area contributed by atoms with Gasteiger partial charge in [-0.15, -0.1) is 0 Å². The molecule has 162 valence electrons. The second kappa shape index (κ2) is 8.89. The molecule has 1 aliphatic rings. The molecule has 0 spiro atoms. The maximum atomic E-state index is 13.2. The second-order valence-electron chi connectivity index (χ2n) is 7.14. The summed E-state index contributed by atoms with van der Waals surface area (Å²) < 4.78 is 52.0. The van der Waals surface area contributed by atoms with Crippen molar-refractivity contribution in [3.63, 3.8) is 0 Å². The molecule has 1 aromatic carbocycles. The average molecular weight is 431 g/mol. The highest BCUT2D eigenvalue weighted by atomic mass is 19.4. The van der Waals surface area contributed by atoms with E-state index in [9.17, 15) is 18.0 Å². The molecular weight excluding hydrogens is 411 g/mol. The van der Waals surface area contributed by atoms with Crippen molar-refractivity contribution in [3.8, 4) is 17.0 Å². The van der Waals surface area contributed by atoms with Gasteiger partial charge in [-0.25, -0.2) is 9.67 Å². The SMILES string of the molecule is O=c1c(-c2ccnc(OCc3ccccc3C(F)(F)F)c2)ccnn1C1CCCCO1. The van der Waals surface area contributed by atoms with E-state index in [4.69, 9.17) is 9.47 Å². The summed E-state index contributed by atoms with van der Waals surface area (Å²) in [6.07, 6.45) is 0.704. The van der Waals surface area contributed by atoms with Crippen molar-refractivity contribution in [2.75, 3.05) is 6.61 Å². The summed E-state index contributed by atoms with van der Waals surface area (Å²) in [6.45, 7) is 0.276. The third kappa shape index (κ3) is 4.77. The van der Waals surface area contributed by atoms with Crippen molar-refractivity contribution in [1.82, 2.24) is 14.8 Å². The Labute approximate surface area is 176 Å². The molecule has 1 atom stereocenters. The van der Waals surface area contributed by atoms with Crippen LogP contribution in [0.3, 0.4) is 0 Å². The zero-order valence-corrected chi connectivity index (χ0v) is 16.5. The van der Waals surface area contributed by atoms with Crippen molar-refractivity contribution in [1.29, 1.82) is 0 Å². The fraction of sp³-hybridized carbons (Fsp3) is 0.318. The van der Waals surface area contributed by atoms with Crippen molar-refractivity contribution in [2.45, 2.75) is 38.3 Å². The van der Waals surface area contributed by atoms with Gasteiger partial charge < -0.3 is 9.47 Å². The van der Waals surface area contributed by atoms with Gasteiger partial charge in [0.1, 0.15) is 6.61 Å². The molecule has 0 amide bonds. The zero-order chi connectivity index (χ0) is 21.8. The Morgan fingerprint density at radius 3 is 2.74 bits per heavy atom. The summed E-state index contributed by atoms with van der Waals surface area (Å²) in [5, 5.41) is 4.14. The van der Waals surface area contributed by atoms with Crippen LogP contribution in [-0.4, -0.2) is 21.4 Å². The molecular formula is C22H20F3N3O3. The van der Waals surface area contributed by atoms with Crippen LogP contribution >= 0.6 is 0 Å². The number of pyridine rings is 1. The number of ether oxygens (including phenoxy) is 2. The first kappa shape index (κ1) is 21.0. The Kier molecular flexibility index (Phi) is 6.03. The number of hydrogen-bond donors (Lipinski definition) is 0. The van der Waals surface area contributed by atoms with E-state index in [2.05, 4.69) is 10.1 Å². The third-order valence-corrected chi connectivity index (χ3v) is 5.04. The normalized spacial score (nSPS) is 16.8. The first-order valence-electron chi connectivity index (χ1n) is 9.87. The third-order valence-electron chi connectivity index (χ3n) is 5.04. The zero-order valence-electron chi connectivity index (χ0n) is 16.5. The lowest BCUT2D eigenvalue weighted by Crippen LogP contribution is -2.31. The highest BCUT2D eigenvalue weighted by molar-refractivity contribution is 5.62. The molecule has 0 N–H and O–H groups in total. The van der Waals surface area contributed by atoms with Gasteiger partial charge in [-0.3, -0.25) is 4.79 Å². The minimum Gasteiger partial charge on any atom is -0.473 e. The summed E-state index contributed by atoms with van der Waals surface area (Å²) in [6, 6.07) is 9.96. The van der Waals surface area contributed by atoms with E-state index in [-0.39, 0.29) is 23.6 Å². The number of aromatic nitrogens is 3. The molecule has 3 heterocycles. The Morgan fingerprint density at radius 1 is 1.13 bits per heavy atom. The predicted octanol–water partition coefficient (Wildman–Crippen LogP) is 4.60. The Morgan fingerprint density at radius 2 is 1.97 bits per heavy atom. The van der Waals surface area contributed by atoms with E-state index in [0.29, 0.717) is 24.2 Å². The quantitative estimate of drug-likeness (QED) is 0.591. The maximum Gasteiger partial charge on any atom is 0.416 e. The van der Waals surface area contributed by atoms with E-state index in [1.54, 1.807) is 12.1 Å². The lowest BCUT2D eigenvalue weighted by atomic mass is 10.1. The van der Waals surface area contributed by atoms with Crippen LogP contribution in [0.1, 0.15) is 36.6 Å². The Balaban J connectivity index is 1.57. The van der Waals surface area contributed by atoms with Gasteiger partial charge in [0.25, 0.3) is 5.56 Å². The summed E-state index contributed by atoms with van der Waals surface area (Å²) in [7, 11) is 0. The molecule has 1 aliphatic heterocycles. The van der Waals surface area contributed by atoms with Crippen LogP contribution in [-0.2, 0) is 17.5 Å². The maximum absolute atomic E-state index is 13.2. The largest absolute Gasteiger partial charge is 0.473 e. The summed E-state index contributed by atoms with van der Waals surface area (Å²) in [4.78, 5) is 17.0. The smallest absolute Gasteiger partial charge is 0.416 e. The average Bonchev–Trinajstić information content (AvgIpc) is 2.78. The van der Waals surface area contributed by atoms with Crippen LogP contribution in [0.15, 0.2) is 59.7 Å². The Bertz CT molecular complexity index is 1110. The fourth-order valence-electron chi connectivity index (χ4n) is 3.50. The van der Waals surface area contributed by atoms with E-state index in [1.807, 2.05) is 0 Å². The number of nitrogens with zero attached hydrogens (tertiary/aromatic N) is 3. The fourth-order valence-corrected chi connectivity index (χ4v) is 3.50. The van der Waals surface area contributed by atoms with Crippen molar-refractivity contribution < 1.29 is 22.6 Å². The van der Waals surface area contributed by atoms with Gasteiger partial charge in [-0.05, 0) is 43.0 Å². The van der Waals surface area contributed by atoms with Crippen LogP contribution in [0.5, 0.6) is 5.88 Å². The van der Waals surface area contributed by atoms with Crippen molar-refractivity contribution >= 4 is 0 Å². The number of rotatable bonds is 5. The lowest BCUT2D eigenvalue weighted by Gasteiger charge is -2.23. The van der Waals surface area contributed by atoms with E-state index < -0.39 is 18.0 Å². The Hall–Kier alpha value is -3.20. The molecule has 0 bridgehead atoms. The molecule has 2 aromatic heterocycles. The standard InChI is InChI=1S/C22H20F3N3O3/c23-22(24,25)18-6-2-1-5-16(18)14-31-19-13-15(8-10-26-19)17-9-11-27-28(21(17)29)20-7-3-4-12-30-20/h1-2,5-6,8-11,13,20H,3-4,7,12,14H2. The van der Waals surface area contributed by atoms with Gasteiger partial charge >= 0.3 is 6.18 Å². The minimum atomic E-state index is -4.47.